The van der Waals surface area contributed by atoms with Crippen LogP contribution in [-0.4, -0.2) is 12.2 Å². The van der Waals surface area contributed by atoms with Gasteiger partial charge in [-0.05, 0) is 31.4 Å². The van der Waals surface area contributed by atoms with Gasteiger partial charge in [-0.2, -0.15) is 13.2 Å². The van der Waals surface area contributed by atoms with Crippen molar-refractivity contribution in [3.8, 4) is 0 Å². The van der Waals surface area contributed by atoms with Gasteiger partial charge in [0.2, 0.25) is 0 Å². The number of benzene rings is 1. The molecule has 0 radical (unpaired) electrons. The molecule has 0 spiro atoms. The van der Waals surface area contributed by atoms with Crippen LogP contribution in [-0.2, 0) is 6.42 Å². The highest BCUT2D eigenvalue weighted by Crippen LogP contribution is 2.22. The summed E-state index contributed by atoms with van der Waals surface area (Å²) in [7, 11) is 0. The molecule has 0 bridgehead atoms. The van der Waals surface area contributed by atoms with Gasteiger partial charge >= 0.3 is 6.18 Å². The van der Waals surface area contributed by atoms with E-state index in [2.05, 4.69) is 0 Å². The monoisotopic (exact) mass is 217 g/mol. The number of halogens is 3. The molecule has 0 amide bonds. The lowest BCUT2D eigenvalue weighted by Crippen LogP contribution is -2.39. The first-order valence-electron chi connectivity index (χ1n) is 4.69. The Hall–Kier alpha value is -1.03. The van der Waals surface area contributed by atoms with Gasteiger partial charge in [0.05, 0.1) is 0 Å². The quantitative estimate of drug-likeness (QED) is 0.809. The van der Waals surface area contributed by atoms with Crippen molar-refractivity contribution in [2.75, 3.05) is 0 Å². The van der Waals surface area contributed by atoms with Crippen molar-refractivity contribution in [2.45, 2.75) is 32.5 Å². The summed E-state index contributed by atoms with van der Waals surface area (Å²) in [6.45, 7) is 3.70. The van der Waals surface area contributed by atoms with E-state index in [-0.39, 0.29) is 6.42 Å². The molecule has 0 aliphatic carbocycles. The van der Waals surface area contributed by atoms with Crippen molar-refractivity contribution >= 4 is 0 Å². The molecule has 0 saturated heterocycles. The predicted molar refractivity (Wildman–Crippen MR) is 53.7 cm³/mol. The third-order valence-corrected chi connectivity index (χ3v) is 2.36. The van der Waals surface area contributed by atoms with Crippen LogP contribution in [0.4, 0.5) is 13.2 Å². The SMILES string of the molecule is Cc1ccc(CC(N)C(F)(F)F)c(C)c1. The normalized spacial score (nSPS) is 14.0. The molecule has 0 aliphatic heterocycles. The summed E-state index contributed by atoms with van der Waals surface area (Å²) >= 11 is 0. The summed E-state index contributed by atoms with van der Waals surface area (Å²) in [5.74, 6) is 0. The summed E-state index contributed by atoms with van der Waals surface area (Å²) in [5, 5.41) is 0. The fraction of sp³-hybridized carbons (Fsp3) is 0.455. The van der Waals surface area contributed by atoms with Crippen LogP contribution < -0.4 is 5.73 Å². The van der Waals surface area contributed by atoms with Crippen molar-refractivity contribution in [3.63, 3.8) is 0 Å². The van der Waals surface area contributed by atoms with Gasteiger partial charge in [-0.15, -0.1) is 0 Å². The van der Waals surface area contributed by atoms with Gasteiger partial charge in [-0.25, -0.2) is 0 Å². The maximum atomic E-state index is 12.2. The molecule has 1 unspecified atom stereocenters. The van der Waals surface area contributed by atoms with Gasteiger partial charge < -0.3 is 5.73 Å². The molecule has 4 heteroatoms. The number of aryl methyl sites for hydroxylation is 2. The predicted octanol–water partition coefficient (Wildman–Crippen LogP) is 2.74. The molecule has 1 atom stereocenters. The first kappa shape index (κ1) is 12.0. The lowest BCUT2D eigenvalue weighted by molar-refractivity contribution is -0.147. The number of nitrogens with two attached hydrogens (primary N) is 1. The summed E-state index contributed by atoms with van der Waals surface area (Å²) < 4.78 is 36.7. The molecule has 0 saturated carbocycles. The largest absolute Gasteiger partial charge is 0.403 e. The van der Waals surface area contributed by atoms with Crippen LogP contribution in [0, 0.1) is 13.8 Å². The Labute approximate surface area is 87.1 Å². The zero-order valence-electron chi connectivity index (χ0n) is 8.73. The van der Waals surface area contributed by atoms with Gasteiger partial charge in [0.1, 0.15) is 6.04 Å². The minimum atomic E-state index is -4.32. The lowest BCUT2D eigenvalue weighted by atomic mass is 9.99. The van der Waals surface area contributed by atoms with Crippen molar-refractivity contribution in [3.05, 3.63) is 34.9 Å². The van der Waals surface area contributed by atoms with E-state index in [4.69, 9.17) is 5.73 Å². The maximum absolute atomic E-state index is 12.2. The van der Waals surface area contributed by atoms with Crippen molar-refractivity contribution < 1.29 is 13.2 Å². The van der Waals surface area contributed by atoms with Crippen LogP contribution in [0.3, 0.4) is 0 Å². The van der Waals surface area contributed by atoms with Gasteiger partial charge in [-0.1, -0.05) is 23.8 Å². The van der Waals surface area contributed by atoms with Crippen molar-refractivity contribution in [2.24, 2.45) is 5.73 Å². The smallest absolute Gasteiger partial charge is 0.320 e. The Morgan fingerprint density at radius 1 is 1.27 bits per heavy atom. The second kappa shape index (κ2) is 4.23. The molecular weight excluding hydrogens is 203 g/mol. The second-order valence-electron chi connectivity index (χ2n) is 3.78. The van der Waals surface area contributed by atoms with Gasteiger partial charge in [0.25, 0.3) is 0 Å². The van der Waals surface area contributed by atoms with Crippen LogP contribution >= 0.6 is 0 Å². The highest BCUT2D eigenvalue weighted by Gasteiger charge is 2.36. The van der Waals surface area contributed by atoms with E-state index in [1.807, 2.05) is 13.0 Å². The highest BCUT2D eigenvalue weighted by molar-refractivity contribution is 5.31. The fourth-order valence-electron chi connectivity index (χ4n) is 1.43. The summed E-state index contributed by atoms with van der Waals surface area (Å²) in [4.78, 5) is 0. The van der Waals surface area contributed by atoms with Gasteiger partial charge in [0, 0.05) is 0 Å². The third-order valence-electron chi connectivity index (χ3n) is 2.36. The molecule has 0 heterocycles. The molecule has 15 heavy (non-hydrogen) atoms. The minimum absolute atomic E-state index is 0.157. The van der Waals surface area contributed by atoms with Crippen molar-refractivity contribution in [1.82, 2.24) is 0 Å². The van der Waals surface area contributed by atoms with Crippen LogP contribution in [0.1, 0.15) is 16.7 Å². The molecule has 0 fully saturated rings. The zero-order chi connectivity index (χ0) is 11.6. The molecule has 1 aromatic carbocycles. The van der Waals surface area contributed by atoms with E-state index in [9.17, 15) is 13.2 Å². The Balaban J connectivity index is 2.82. The number of hydrogen-bond acceptors (Lipinski definition) is 1. The molecule has 0 aliphatic rings. The molecule has 0 aromatic heterocycles. The average Bonchev–Trinajstić information content (AvgIpc) is 2.08. The fourth-order valence-corrected chi connectivity index (χ4v) is 1.43. The second-order valence-corrected chi connectivity index (χ2v) is 3.78. The van der Waals surface area contributed by atoms with E-state index in [1.165, 1.54) is 0 Å². The van der Waals surface area contributed by atoms with Crippen molar-refractivity contribution in [1.29, 1.82) is 0 Å². The molecule has 1 nitrogen and oxygen atoms in total. The maximum Gasteiger partial charge on any atom is 0.403 e. The number of rotatable bonds is 2. The molecular formula is C11H14F3N. The average molecular weight is 217 g/mol. The Morgan fingerprint density at radius 2 is 1.87 bits per heavy atom. The van der Waals surface area contributed by atoms with Crippen LogP contribution in [0.2, 0.25) is 0 Å². The molecule has 2 N–H and O–H groups in total. The third kappa shape index (κ3) is 3.23. The van der Waals surface area contributed by atoms with Crippen LogP contribution in [0.5, 0.6) is 0 Å². The summed E-state index contributed by atoms with van der Waals surface area (Å²) in [6.07, 6.45) is -4.48. The van der Waals surface area contributed by atoms with E-state index in [0.29, 0.717) is 5.56 Å². The number of hydrogen-bond donors (Lipinski definition) is 1. The highest BCUT2D eigenvalue weighted by atomic mass is 19.4. The molecule has 1 rings (SSSR count). The van der Waals surface area contributed by atoms with E-state index in [0.717, 1.165) is 11.1 Å². The van der Waals surface area contributed by atoms with E-state index in [1.54, 1.807) is 19.1 Å². The Bertz CT molecular complexity index is 344. The molecule has 1 aromatic rings. The number of alkyl halides is 3. The minimum Gasteiger partial charge on any atom is -0.320 e. The molecule has 84 valence electrons. The Morgan fingerprint density at radius 3 is 2.33 bits per heavy atom. The van der Waals surface area contributed by atoms with E-state index >= 15 is 0 Å². The summed E-state index contributed by atoms with van der Waals surface area (Å²) in [5.41, 5.74) is 7.62. The first-order chi connectivity index (χ1) is 6.80. The first-order valence-corrected chi connectivity index (χ1v) is 4.69. The van der Waals surface area contributed by atoms with Gasteiger partial charge in [-0.3, -0.25) is 0 Å². The lowest BCUT2D eigenvalue weighted by Gasteiger charge is -2.16. The Kier molecular flexibility index (Phi) is 3.39. The van der Waals surface area contributed by atoms with E-state index < -0.39 is 12.2 Å². The summed E-state index contributed by atoms with van der Waals surface area (Å²) in [6, 6.07) is 3.58. The van der Waals surface area contributed by atoms with Crippen LogP contribution in [0.25, 0.3) is 0 Å². The zero-order valence-corrected chi connectivity index (χ0v) is 8.73. The standard InChI is InChI=1S/C11H14F3N/c1-7-3-4-9(8(2)5-7)6-10(15)11(12,13)14/h3-5,10H,6,15H2,1-2H3. The topological polar surface area (TPSA) is 26.0 Å². The van der Waals surface area contributed by atoms with Crippen LogP contribution in [0.15, 0.2) is 18.2 Å². The van der Waals surface area contributed by atoms with Gasteiger partial charge in [0.15, 0.2) is 0 Å².